The van der Waals surface area contributed by atoms with Gasteiger partial charge >= 0.3 is 0 Å². The van der Waals surface area contributed by atoms with Gasteiger partial charge in [-0.3, -0.25) is 10.00 Å². The number of fused-ring (bicyclic) bond motifs is 1. The molecule has 1 saturated heterocycles. The summed E-state index contributed by atoms with van der Waals surface area (Å²) in [7, 11) is 0. The van der Waals surface area contributed by atoms with Crippen LogP contribution in [0.2, 0.25) is 10.0 Å². The van der Waals surface area contributed by atoms with Gasteiger partial charge in [0.15, 0.2) is 0 Å². The Morgan fingerprint density at radius 3 is 2.83 bits per heavy atom. The average Bonchev–Trinajstić information content (AvgIpc) is 3.19. The van der Waals surface area contributed by atoms with Crippen molar-refractivity contribution in [1.29, 1.82) is 0 Å². The van der Waals surface area contributed by atoms with Crippen molar-refractivity contribution in [3.05, 3.63) is 45.2 Å². The van der Waals surface area contributed by atoms with Crippen molar-refractivity contribution in [2.45, 2.75) is 38.1 Å². The van der Waals surface area contributed by atoms with Crippen LogP contribution in [0, 0.1) is 5.92 Å². The van der Waals surface area contributed by atoms with Gasteiger partial charge in [-0.05, 0) is 62.3 Å². The van der Waals surface area contributed by atoms with Crippen molar-refractivity contribution in [3.63, 3.8) is 0 Å². The molecule has 6 heteroatoms. The first-order valence-electron chi connectivity index (χ1n) is 8.55. The number of halogens is 2. The van der Waals surface area contributed by atoms with E-state index < -0.39 is 0 Å². The Kier molecular flexibility index (Phi) is 4.46. The van der Waals surface area contributed by atoms with Crippen LogP contribution in [-0.2, 0) is 12.8 Å². The quantitative estimate of drug-likeness (QED) is 0.849. The molecule has 0 amide bonds. The van der Waals surface area contributed by atoms with Crippen molar-refractivity contribution in [2.24, 2.45) is 5.92 Å². The van der Waals surface area contributed by atoms with Gasteiger partial charge in [0, 0.05) is 33.9 Å². The summed E-state index contributed by atoms with van der Waals surface area (Å²) in [6, 6.07) is 3.64. The predicted octanol–water partition coefficient (Wildman–Crippen LogP) is 4.36. The maximum absolute atomic E-state index is 9.58. The number of aromatic amines is 1. The van der Waals surface area contributed by atoms with E-state index in [1.807, 2.05) is 6.20 Å². The maximum atomic E-state index is 9.58. The number of hydrogen-bond donors (Lipinski definition) is 2. The Bertz CT molecular complexity index is 723. The van der Waals surface area contributed by atoms with Crippen LogP contribution in [0.15, 0.2) is 18.3 Å². The second-order valence-electron chi connectivity index (χ2n) is 6.95. The third kappa shape index (κ3) is 3.03. The Hall–Kier alpha value is -1.23. The van der Waals surface area contributed by atoms with Crippen molar-refractivity contribution < 1.29 is 5.11 Å². The van der Waals surface area contributed by atoms with Crippen molar-refractivity contribution >= 4 is 23.2 Å². The summed E-state index contributed by atoms with van der Waals surface area (Å²) < 4.78 is 0. The van der Waals surface area contributed by atoms with E-state index in [9.17, 15) is 5.11 Å². The van der Waals surface area contributed by atoms with Crippen LogP contribution >= 0.6 is 23.2 Å². The number of H-pyrrole nitrogens is 1. The molecule has 1 aliphatic carbocycles. The Morgan fingerprint density at radius 2 is 2.04 bits per heavy atom. The number of phenols is 1. The highest BCUT2D eigenvalue weighted by Gasteiger charge is 2.33. The number of likely N-dealkylation sites (tertiary alicyclic amines) is 1. The highest BCUT2D eigenvalue weighted by atomic mass is 35.5. The van der Waals surface area contributed by atoms with Crippen LogP contribution in [0.25, 0.3) is 0 Å². The standard InChI is InChI=1S/C18H21Cl2N3O/c19-15-7-12(24)8-16(20)13(15)6-11-4-5-23(10-11)18-3-1-2-17-14(18)9-21-22-17/h7-9,11,18,24H,1-6,10H2,(H,21,22)/t11-,18?/m0/s1. The van der Waals surface area contributed by atoms with Crippen molar-refractivity contribution in [2.75, 3.05) is 13.1 Å². The monoisotopic (exact) mass is 365 g/mol. The molecular formula is C18H21Cl2N3O. The number of aromatic nitrogens is 2. The highest BCUT2D eigenvalue weighted by Crippen LogP contribution is 2.38. The summed E-state index contributed by atoms with van der Waals surface area (Å²) in [6.07, 6.45) is 7.55. The van der Waals surface area contributed by atoms with E-state index in [2.05, 4.69) is 15.1 Å². The minimum atomic E-state index is 0.122. The molecule has 2 aromatic rings. The van der Waals surface area contributed by atoms with Gasteiger partial charge in [-0.25, -0.2) is 0 Å². The summed E-state index contributed by atoms with van der Waals surface area (Å²) in [6.45, 7) is 2.16. The number of aryl methyl sites for hydroxylation is 1. The molecule has 4 nitrogen and oxygen atoms in total. The smallest absolute Gasteiger partial charge is 0.118 e. The summed E-state index contributed by atoms with van der Waals surface area (Å²) in [4.78, 5) is 2.58. The first-order chi connectivity index (χ1) is 11.6. The Labute approximate surface area is 151 Å². The highest BCUT2D eigenvalue weighted by molar-refractivity contribution is 6.36. The van der Waals surface area contributed by atoms with E-state index in [0.29, 0.717) is 22.0 Å². The molecule has 4 rings (SSSR count). The lowest BCUT2D eigenvalue weighted by Gasteiger charge is -2.31. The zero-order valence-corrected chi connectivity index (χ0v) is 14.9. The molecule has 24 heavy (non-hydrogen) atoms. The van der Waals surface area contributed by atoms with Gasteiger partial charge in [-0.15, -0.1) is 0 Å². The molecule has 1 unspecified atom stereocenters. The number of aromatic hydroxyl groups is 1. The molecule has 2 N–H and O–H groups in total. The molecular weight excluding hydrogens is 345 g/mol. The number of rotatable bonds is 3. The second kappa shape index (κ2) is 6.58. The molecule has 2 heterocycles. The zero-order chi connectivity index (χ0) is 16.7. The SMILES string of the molecule is Oc1cc(Cl)c(C[C@@H]2CCN(C3CCCc4[nH]ncc43)C2)c(Cl)c1. The second-order valence-corrected chi connectivity index (χ2v) is 7.77. The van der Waals surface area contributed by atoms with Crippen LogP contribution in [0.4, 0.5) is 0 Å². The minimum absolute atomic E-state index is 0.122. The van der Waals surface area contributed by atoms with E-state index in [1.54, 1.807) is 12.1 Å². The molecule has 2 atom stereocenters. The molecule has 1 aromatic carbocycles. The number of hydrogen-bond acceptors (Lipinski definition) is 3. The lowest BCUT2D eigenvalue weighted by Crippen LogP contribution is -2.29. The molecule has 0 radical (unpaired) electrons. The largest absolute Gasteiger partial charge is 0.508 e. The number of phenolic OH excluding ortho intramolecular Hbond substituents is 1. The van der Waals surface area contributed by atoms with Crippen molar-refractivity contribution in [1.82, 2.24) is 15.1 Å². The maximum Gasteiger partial charge on any atom is 0.118 e. The molecule has 1 fully saturated rings. The van der Waals surface area contributed by atoms with Crippen molar-refractivity contribution in [3.8, 4) is 5.75 Å². The van der Waals surface area contributed by atoms with Gasteiger partial charge in [-0.1, -0.05) is 23.2 Å². The van der Waals surface area contributed by atoms with E-state index in [4.69, 9.17) is 23.2 Å². The van der Waals surface area contributed by atoms with Gasteiger partial charge < -0.3 is 5.11 Å². The fourth-order valence-electron chi connectivity index (χ4n) is 4.20. The lowest BCUT2D eigenvalue weighted by atomic mass is 9.92. The summed E-state index contributed by atoms with van der Waals surface area (Å²) >= 11 is 12.6. The number of nitrogens with one attached hydrogen (secondary N) is 1. The molecule has 0 bridgehead atoms. The summed E-state index contributed by atoms with van der Waals surface area (Å²) in [5, 5.41) is 18.1. The summed E-state index contributed by atoms with van der Waals surface area (Å²) in [5.74, 6) is 0.665. The van der Waals surface area contributed by atoms with E-state index in [1.165, 1.54) is 24.1 Å². The third-order valence-corrected chi connectivity index (χ3v) is 6.07. The fourth-order valence-corrected chi connectivity index (χ4v) is 4.83. The third-order valence-electron chi connectivity index (χ3n) is 5.39. The predicted molar refractivity (Wildman–Crippen MR) is 95.8 cm³/mol. The molecule has 1 aromatic heterocycles. The Balaban J connectivity index is 1.47. The Morgan fingerprint density at radius 1 is 1.25 bits per heavy atom. The zero-order valence-electron chi connectivity index (χ0n) is 13.4. The first-order valence-corrected chi connectivity index (χ1v) is 9.30. The minimum Gasteiger partial charge on any atom is -0.508 e. The van der Waals surface area contributed by atoms with Gasteiger partial charge in [-0.2, -0.15) is 5.10 Å². The van der Waals surface area contributed by atoms with Crippen LogP contribution in [-0.4, -0.2) is 33.3 Å². The lowest BCUT2D eigenvalue weighted by molar-refractivity contribution is 0.213. The van der Waals surface area contributed by atoms with Gasteiger partial charge in [0.25, 0.3) is 0 Å². The summed E-state index contributed by atoms with van der Waals surface area (Å²) in [5.41, 5.74) is 3.64. The van der Waals surface area contributed by atoms with Gasteiger partial charge in [0.1, 0.15) is 5.75 Å². The molecule has 0 saturated carbocycles. The van der Waals surface area contributed by atoms with Gasteiger partial charge in [0.2, 0.25) is 0 Å². The fraction of sp³-hybridized carbons (Fsp3) is 0.500. The first kappa shape index (κ1) is 16.2. The van der Waals surface area contributed by atoms with E-state index >= 15 is 0 Å². The average molecular weight is 366 g/mol. The van der Waals surface area contributed by atoms with Crippen LogP contribution < -0.4 is 0 Å². The molecule has 2 aliphatic rings. The molecule has 128 valence electrons. The number of benzene rings is 1. The molecule has 0 spiro atoms. The van der Waals surface area contributed by atoms with Crippen LogP contribution in [0.3, 0.4) is 0 Å². The van der Waals surface area contributed by atoms with Crippen LogP contribution in [0.5, 0.6) is 5.75 Å². The van der Waals surface area contributed by atoms with Gasteiger partial charge in [0.05, 0.1) is 6.20 Å². The van der Waals surface area contributed by atoms with E-state index in [-0.39, 0.29) is 5.75 Å². The number of nitrogens with zero attached hydrogens (tertiary/aromatic N) is 2. The van der Waals surface area contributed by atoms with Crippen LogP contribution in [0.1, 0.15) is 42.1 Å². The normalized spacial score (nSPS) is 24.2. The molecule has 1 aliphatic heterocycles. The van der Waals surface area contributed by atoms with E-state index in [0.717, 1.165) is 37.9 Å². The topological polar surface area (TPSA) is 52.1 Å².